The van der Waals surface area contributed by atoms with Gasteiger partial charge in [0.1, 0.15) is 0 Å². The van der Waals surface area contributed by atoms with Gasteiger partial charge in [0.15, 0.2) is 0 Å². The van der Waals surface area contributed by atoms with Crippen LogP contribution in [0.2, 0.25) is 0 Å². The molecule has 0 atom stereocenters. The van der Waals surface area contributed by atoms with E-state index in [0.29, 0.717) is 0 Å². The van der Waals surface area contributed by atoms with Crippen molar-refractivity contribution in [3.05, 3.63) is 108 Å². The number of fused-ring (bicyclic) bond motifs is 2. The number of hydrogen-bond donors (Lipinski definition) is 0. The molecule has 0 aliphatic heterocycles. The van der Waals surface area contributed by atoms with E-state index >= 15 is 0 Å². The molecule has 0 radical (unpaired) electrons. The normalized spacial score (nSPS) is 11.7. The van der Waals surface area contributed by atoms with E-state index in [2.05, 4.69) is 20.0 Å². The van der Waals surface area contributed by atoms with E-state index in [0.717, 1.165) is 44.3 Å². The fourth-order valence-corrected chi connectivity index (χ4v) is 3.36. The molecule has 0 amide bonds. The predicted octanol–water partition coefficient (Wildman–Crippen LogP) is 6.28. The maximum absolute atomic E-state index is 4.66. The van der Waals surface area contributed by atoms with Crippen LogP contribution in [0.3, 0.4) is 0 Å². The number of rotatable bonds is 4. The largest absolute Gasteiger partial charge is 0.256 e. The second kappa shape index (κ2) is 8.05. The molecule has 3 aromatic carbocycles. The van der Waals surface area contributed by atoms with Crippen LogP contribution >= 0.6 is 0 Å². The molecule has 0 fully saturated rings. The first-order valence-corrected chi connectivity index (χ1v) is 9.72. The molecule has 5 aromatic rings. The van der Waals surface area contributed by atoms with Crippen LogP contribution in [-0.4, -0.2) is 22.4 Å². The molecule has 2 heterocycles. The smallest absolute Gasteiger partial charge is 0.0723 e. The van der Waals surface area contributed by atoms with E-state index in [4.69, 9.17) is 0 Å². The van der Waals surface area contributed by atoms with Crippen LogP contribution in [-0.2, 0) is 0 Å². The van der Waals surface area contributed by atoms with E-state index in [9.17, 15) is 0 Å². The van der Waals surface area contributed by atoms with Gasteiger partial charge in [0.05, 0.1) is 22.4 Å². The van der Waals surface area contributed by atoms with Crippen LogP contribution in [0.15, 0.2) is 107 Å². The third-order valence-electron chi connectivity index (χ3n) is 4.89. The van der Waals surface area contributed by atoms with Gasteiger partial charge in [0.2, 0.25) is 0 Å². The van der Waals surface area contributed by atoms with Crippen molar-refractivity contribution in [2.75, 3.05) is 0 Å². The molecule has 0 spiro atoms. The molecule has 2 aromatic heterocycles. The molecule has 0 saturated heterocycles. The minimum absolute atomic E-state index is 0.913. The van der Waals surface area contributed by atoms with Crippen molar-refractivity contribution in [2.45, 2.75) is 0 Å². The summed E-state index contributed by atoms with van der Waals surface area (Å²) in [6.45, 7) is 0. The zero-order valence-corrected chi connectivity index (χ0v) is 16.2. The van der Waals surface area contributed by atoms with Gasteiger partial charge in [-0.25, -0.2) is 0 Å². The lowest BCUT2D eigenvalue weighted by molar-refractivity contribution is 1.40. The van der Waals surface area contributed by atoms with Crippen molar-refractivity contribution in [3.63, 3.8) is 0 Å². The van der Waals surface area contributed by atoms with Gasteiger partial charge in [-0.2, -0.15) is 0 Å². The maximum atomic E-state index is 4.66. The Balaban J connectivity index is 1.36. The number of pyridine rings is 2. The molecule has 0 aliphatic carbocycles. The second-order valence-corrected chi connectivity index (χ2v) is 6.88. The molecular formula is C26H18N4. The van der Waals surface area contributed by atoms with Gasteiger partial charge in [-0.15, -0.1) is 0 Å². The molecule has 0 unspecified atom stereocenters. The van der Waals surface area contributed by atoms with Crippen molar-refractivity contribution in [3.8, 4) is 0 Å². The van der Waals surface area contributed by atoms with E-state index in [1.165, 1.54) is 0 Å². The van der Waals surface area contributed by atoms with Crippen molar-refractivity contribution < 1.29 is 0 Å². The summed E-state index contributed by atoms with van der Waals surface area (Å²) in [4.78, 5) is 18.1. The molecule has 0 aliphatic rings. The Morgan fingerprint density at radius 2 is 0.967 bits per heavy atom. The fraction of sp³-hybridized carbons (Fsp3) is 0. The Morgan fingerprint density at radius 3 is 1.43 bits per heavy atom. The van der Waals surface area contributed by atoms with E-state index < -0.39 is 0 Å². The highest BCUT2D eigenvalue weighted by molar-refractivity contribution is 5.95. The van der Waals surface area contributed by atoms with Gasteiger partial charge in [0.25, 0.3) is 0 Å². The Morgan fingerprint density at radius 1 is 0.500 bits per heavy atom. The highest BCUT2D eigenvalue weighted by atomic mass is 14.7. The standard InChI is InChI=1S/C26H18N4/c1-7-23-21(5-3-15-27-23)25(9-1)29-17-19-11-13-20(14-12-19)18-30-26-10-2-8-24-22(26)6-4-16-28-24/h1-18H. The molecule has 30 heavy (non-hydrogen) atoms. The minimum Gasteiger partial charge on any atom is -0.256 e. The summed E-state index contributed by atoms with van der Waals surface area (Å²) in [7, 11) is 0. The van der Waals surface area contributed by atoms with Crippen LogP contribution in [0.4, 0.5) is 11.4 Å². The SMILES string of the molecule is C(=Nc1cccc2ncccc12)c1ccc(C=Nc2cccc3ncccc23)cc1. The maximum Gasteiger partial charge on any atom is 0.0723 e. The predicted molar refractivity (Wildman–Crippen MR) is 124 cm³/mol. The first kappa shape index (κ1) is 17.9. The summed E-state index contributed by atoms with van der Waals surface area (Å²) in [6.07, 6.45) is 7.34. The highest BCUT2D eigenvalue weighted by Gasteiger charge is 2.00. The third-order valence-corrected chi connectivity index (χ3v) is 4.89. The van der Waals surface area contributed by atoms with E-state index in [-0.39, 0.29) is 0 Å². The van der Waals surface area contributed by atoms with Crippen LogP contribution in [0.25, 0.3) is 21.8 Å². The van der Waals surface area contributed by atoms with Crippen LogP contribution in [0.5, 0.6) is 0 Å². The van der Waals surface area contributed by atoms with Gasteiger partial charge in [-0.05, 0) is 59.7 Å². The first-order valence-electron chi connectivity index (χ1n) is 9.72. The van der Waals surface area contributed by atoms with Gasteiger partial charge >= 0.3 is 0 Å². The van der Waals surface area contributed by atoms with Gasteiger partial charge in [-0.1, -0.05) is 36.4 Å². The summed E-state index contributed by atoms with van der Waals surface area (Å²) < 4.78 is 0. The van der Waals surface area contributed by atoms with Crippen molar-refractivity contribution >= 4 is 45.6 Å². The lowest BCUT2D eigenvalue weighted by Gasteiger charge is -2.01. The van der Waals surface area contributed by atoms with Crippen LogP contribution < -0.4 is 0 Å². The van der Waals surface area contributed by atoms with Gasteiger partial charge in [-0.3, -0.25) is 20.0 Å². The monoisotopic (exact) mass is 386 g/mol. The summed E-state index contributed by atoms with van der Waals surface area (Å²) in [5.41, 5.74) is 5.78. The van der Waals surface area contributed by atoms with Crippen molar-refractivity contribution in [1.82, 2.24) is 9.97 Å². The molecule has 142 valence electrons. The highest BCUT2D eigenvalue weighted by Crippen LogP contribution is 2.25. The van der Waals surface area contributed by atoms with E-state index in [1.54, 1.807) is 12.4 Å². The molecule has 4 heteroatoms. The lowest BCUT2D eigenvalue weighted by atomic mass is 10.1. The zero-order chi connectivity index (χ0) is 20.2. The summed E-state index contributed by atoms with van der Waals surface area (Å²) in [5.74, 6) is 0. The number of hydrogen-bond acceptors (Lipinski definition) is 4. The molecule has 0 saturated carbocycles. The van der Waals surface area contributed by atoms with Gasteiger partial charge in [0, 0.05) is 35.6 Å². The second-order valence-electron chi connectivity index (χ2n) is 6.88. The van der Waals surface area contributed by atoms with Gasteiger partial charge < -0.3 is 0 Å². The Bertz CT molecular complexity index is 1270. The van der Waals surface area contributed by atoms with Crippen molar-refractivity contribution in [2.24, 2.45) is 9.98 Å². The Hall–Kier alpha value is -4.18. The van der Waals surface area contributed by atoms with Crippen LogP contribution in [0, 0.1) is 0 Å². The first-order chi connectivity index (χ1) is 14.9. The molecule has 4 nitrogen and oxygen atoms in total. The number of nitrogens with zero attached hydrogens (tertiary/aromatic N) is 4. The summed E-state index contributed by atoms with van der Waals surface area (Å²) in [6, 6.07) is 28.0. The lowest BCUT2D eigenvalue weighted by Crippen LogP contribution is -1.85. The Labute approximate surface area is 174 Å². The fourth-order valence-electron chi connectivity index (χ4n) is 3.36. The molecular weight excluding hydrogens is 368 g/mol. The zero-order valence-electron chi connectivity index (χ0n) is 16.2. The Kier molecular flexibility index (Phi) is 4.80. The number of benzene rings is 3. The minimum atomic E-state index is 0.913. The molecule has 5 rings (SSSR count). The third kappa shape index (κ3) is 3.71. The quantitative estimate of drug-likeness (QED) is 0.341. The average molecular weight is 386 g/mol. The summed E-state index contributed by atoms with van der Waals surface area (Å²) in [5, 5.41) is 2.09. The molecule has 0 bridgehead atoms. The van der Waals surface area contributed by atoms with E-state index in [1.807, 2.05) is 97.4 Å². The van der Waals surface area contributed by atoms with Crippen LogP contribution in [0.1, 0.15) is 11.1 Å². The topological polar surface area (TPSA) is 50.5 Å². The number of aromatic nitrogens is 2. The number of aliphatic imine (C=N–C) groups is 2. The van der Waals surface area contributed by atoms with Crippen molar-refractivity contribution in [1.29, 1.82) is 0 Å². The summed E-state index contributed by atoms with van der Waals surface area (Å²) >= 11 is 0. The average Bonchev–Trinajstić information content (AvgIpc) is 2.82. The molecule has 0 N–H and O–H groups in total.